The molecule has 2 heterocycles. The second-order valence-corrected chi connectivity index (χ2v) is 10.5. The summed E-state index contributed by atoms with van der Waals surface area (Å²) in [6, 6.07) is 21.2. The Balaban J connectivity index is 1.55. The van der Waals surface area contributed by atoms with Gasteiger partial charge in [-0.15, -0.1) is 0 Å². The highest BCUT2D eigenvalue weighted by Crippen LogP contribution is 2.25. The van der Waals surface area contributed by atoms with E-state index in [1.54, 1.807) is 12.3 Å². The predicted molar refractivity (Wildman–Crippen MR) is 162 cm³/mol. The first-order valence-electron chi connectivity index (χ1n) is 13.1. The molecule has 7 nitrogen and oxygen atoms in total. The van der Waals surface area contributed by atoms with E-state index in [1.165, 1.54) is 4.68 Å². The lowest BCUT2D eigenvalue weighted by Crippen LogP contribution is -2.22. The Bertz CT molecular complexity index is 1780. The Morgan fingerprint density at radius 3 is 2.62 bits per heavy atom. The largest absolute Gasteiger partial charge is 0.335 e. The van der Waals surface area contributed by atoms with Crippen LogP contribution in [-0.4, -0.2) is 26.3 Å². The number of rotatable bonds is 8. The fourth-order valence-corrected chi connectivity index (χ4v) is 5.16. The van der Waals surface area contributed by atoms with Gasteiger partial charge in [0.05, 0.1) is 17.1 Å². The van der Waals surface area contributed by atoms with Gasteiger partial charge in [-0.2, -0.15) is 9.78 Å². The number of nitrogens with zero attached hydrogens (tertiary/aromatic N) is 4. The lowest BCUT2D eigenvalue weighted by molar-refractivity contribution is -0.116. The number of fused-ring (bicyclic) bond motifs is 2. The van der Waals surface area contributed by atoms with Gasteiger partial charge in [0.2, 0.25) is 5.91 Å². The average molecular weight is 585 g/mol. The summed E-state index contributed by atoms with van der Waals surface area (Å²) in [4.78, 5) is 31.3. The van der Waals surface area contributed by atoms with Crippen molar-refractivity contribution in [1.82, 2.24) is 14.2 Å². The summed E-state index contributed by atoms with van der Waals surface area (Å²) >= 11 is 3.46. The molecule has 5 rings (SSSR count). The molecule has 0 aliphatic carbocycles. The number of carbonyl (C=O) groups is 1. The molecule has 0 bridgehead atoms. The van der Waals surface area contributed by atoms with E-state index in [4.69, 9.17) is 4.98 Å². The lowest BCUT2D eigenvalue weighted by Gasteiger charge is -2.11. The summed E-state index contributed by atoms with van der Waals surface area (Å²) in [6.45, 7) is 6.20. The molecule has 0 spiro atoms. The van der Waals surface area contributed by atoms with Crippen molar-refractivity contribution in [1.29, 1.82) is 0 Å². The van der Waals surface area contributed by atoms with Crippen LogP contribution < -0.4 is 10.9 Å². The van der Waals surface area contributed by atoms with E-state index in [-0.39, 0.29) is 18.0 Å². The SMILES string of the molecule is CCCCc1nc2ccc(Br)cc2c(=O)n1N=Cc1c(C)n(CC(=O)Nc2ccccc2C)c2ccccc12. The van der Waals surface area contributed by atoms with Crippen LogP contribution in [0.25, 0.3) is 21.8 Å². The van der Waals surface area contributed by atoms with E-state index in [2.05, 4.69) is 33.3 Å². The number of benzene rings is 3. The maximum atomic E-state index is 13.5. The van der Waals surface area contributed by atoms with Crippen molar-refractivity contribution in [3.8, 4) is 0 Å². The van der Waals surface area contributed by atoms with Crippen LogP contribution in [0.4, 0.5) is 5.69 Å². The number of para-hydroxylation sites is 2. The third-order valence-corrected chi connectivity index (χ3v) is 7.43. The molecule has 5 aromatic rings. The first-order chi connectivity index (χ1) is 18.9. The normalized spacial score (nSPS) is 11.6. The fraction of sp³-hybridized carbons (Fsp3) is 0.226. The van der Waals surface area contributed by atoms with Crippen LogP contribution in [0.5, 0.6) is 0 Å². The molecule has 198 valence electrons. The lowest BCUT2D eigenvalue weighted by atomic mass is 10.1. The molecule has 0 radical (unpaired) electrons. The number of carbonyl (C=O) groups excluding carboxylic acids is 1. The molecular weight excluding hydrogens is 554 g/mol. The monoisotopic (exact) mass is 583 g/mol. The molecule has 1 N–H and O–H groups in total. The molecule has 0 aliphatic rings. The summed E-state index contributed by atoms with van der Waals surface area (Å²) in [7, 11) is 0. The summed E-state index contributed by atoms with van der Waals surface area (Å²) in [6.07, 6.45) is 4.25. The van der Waals surface area contributed by atoms with Gasteiger partial charge >= 0.3 is 0 Å². The molecule has 0 saturated heterocycles. The van der Waals surface area contributed by atoms with Gasteiger partial charge in [-0.1, -0.05) is 65.7 Å². The van der Waals surface area contributed by atoms with Crippen molar-refractivity contribution in [2.45, 2.75) is 46.6 Å². The summed E-state index contributed by atoms with van der Waals surface area (Å²) < 4.78 is 4.22. The number of amides is 1. The first-order valence-corrected chi connectivity index (χ1v) is 13.9. The molecule has 0 saturated carbocycles. The Morgan fingerprint density at radius 1 is 1.05 bits per heavy atom. The second-order valence-electron chi connectivity index (χ2n) is 9.62. The molecule has 2 aromatic heterocycles. The highest BCUT2D eigenvalue weighted by atomic mass is 79.9. The standard InChI is InChI=1S/C31H30BrN5O2/c1-4-5-14-29-34-27-16-15-22(32)17-24(27)31(39)37(29)33-18-25-21(3)36(28-13-9-7-11-23(25)28)19-30(38)35-26-12-8-6-10-20(26)2/h6-13,15-18H,4-5,14,19H2,1-3H3,(H,35,38). The minimum atomic E-state index is -0.206. The van der Waals surface area contributed by atoms with Gasteiger partial charge in [0.15, 0.2) is 0 Å². The number of hydrogen-bond donors (Lipinski definition) is 1. The number of unbranched alkanes of at least 4 members (excludes halogenated alkanes) is 1. The van der Waals surface area contributed by atoms with Crippen molar-refractivity contribution >= 4 is 55.5 Å². The van der Waals surface area contributed by atoms with Crippen LogP contribution >= 0.6 is 15.9 Å². The number of hydrogen-bond acceptors (Lipinski definition) is 4. The smallest absolute Gasteiger partial charge is 0.282 e. The Morgan fingerprint density at radius 2 is 1.82 bits per heavy atom. The maximum absolute atomic E-state index is 13.5. The number of halogens is 1. The highest BCUT2D eigenvalue weighted by molar-refractivity contribution is 9.10. The van der Waals surface area contributed by atoms with Crippen LogP contribution in [0.15, 0.2) is 81.1 Å². The molecule has 0 atom stereocenters. The first kappa shape index (κ1) is 26.6. The number of aromatic nitrogens is 3. The third kappa shape index (κ3) is 5.43. The third-order valence-electron chi connectivity index (χ3n) is 6.93. The van der Waals surface area contributed by atoms with E-state index in [1.807, 2.05) is 79.1 Å². The van der Waals surface area contributed by atoms with Crippen LogP contribution in [0, 0.1) is 13.8 Å². The quantitative estimate of drug-likeness (QED) is 0.209. The van der Waals surface area contributed by atoms with Gasteiger partial charge in [-0.3, -0.25) is 9.59 Å². The van der Waals surface area contributed by atoms with Gasteiger partial charge in [0.1, 0.15) is 12.4 Å². The molecule has 8 heteroatoms. The highest BCUT2D eigenvalue weighted by Gasteiger charge is 2.16. The Labute approximate surface area is 235 Å². The summed E-state index contributed by atoms with van der Waals surface area (Å²) in [5.41, 5.74) is 4.93. The zero-order valence-electron chi connectivity index (χ0n) is 22.2. The van der Waals surface area contributed by atoms with Gasteiger partial charge in [-0.25, -0.2) is 4.98 Å². The van der Waals surface area contributed by atoms with Crippen LogP contribution in [0.1, 0.15) is 42.4 Å². The van der Waals surface area contributed by atoms with Crippen LogP contribution in [0.2, 0.25) is 0 Å². The van der Waals surface area contributed by atoms with Crippen molar-refractivity contribution < 1.29 is 4.79 Å². The van der Waals surface area contributed by atoms with E-state index in [0.717, 1.165) is 50.7 Å². The summed E-state index contributed by atoms with van der Waals surface area (Å²) in [5, 5.41) is 9.17. The number of anilines is 1. The number of nitrogens with one attached hydrogen (secondary N) is 1. The topological polar surface area (TPSA) is 81.3 Å². The average Bonchev–Trinajstić information content (AvgIpc) is 3.19. The van der Waals surface area contributed by atoms with E-state index in [9.17, 15) is 9.59 Å². The van der Waals surface area contributed by atoms with Crippen molar-refractivity contribution in [2.75, 3.05) is 5.32 Å². The van der Waals surface area contributed by atoms with Gasteiger partial charge in [0, 0.05) is 38.7 Å². The van der Waals surface area contributed by atoms with Crippen molar-refractivity contribution in [2.24, 2.45) is 5.10 Å². The van der Waals surface area contributed by atoms with Gasteiger partial charge < -0.3 is 9.88 Å². The molecular formula is C31H30BrN5O2. The molecule has 39 heavy (non-hydrogen) atoms. The minimum Gasteiger partial charge on any atom is -0.335 e. The molecule has 1 amide bonds. The predicted octanol–water partition coefficient (Wildman–Crippen LogP) is 6.59. The van der Waals surface area contributed by atoms with Crippen molar-refractivity contribution in [3.05, 3.63) is 104 Å². The maximum Gasteiger partial charge on any atom is 0.282 e. The van der Waals surface area contributed by atoms with Crippen LogP contribution in [-0.2, 0) is 17.8 Å². The Kier molecular flexibility index (Phi) is 7.74. The summed E-state index contributed by atoms with van der Waals surface area (Å²) in [5.74, 6) is 0.519. The van der Waals surface area contributed by atoms with E-state index in [0.29, 0.717) is 23.1 Å². The molecule has 0 fully saturated rings. The minimum absolute atomic E-state index is 0.112. The molecule has 3 aromatic carbocycles. The van der Waals surface area contributed by atoms with E-state index < -0.39 is 0 Å². The van der Waals surface area contributed by atoms with E-state index >= 15 is 0 Å². The Hall–Kier alpha value is -4.04. The van der Waals surface area contributed by atoms with Gasteiger partial charge in [0.25, 0.3) is 5.56 Å². The molecule has 0 unspecified atom stereocenters. The second kappa shape index (κ2) is 11.4. The molecule has 0 aliphatic heterocycles. The van der Waals surface area contributed by atoms with Crippen LogP contribution in [0.3, 0.4) is 0 Å². The van der Waals surface area contributed by atoms with Crippen molar-refractivity contribution in [3.63, 3.8) is 0 Å². The van der Waals surface area contributed by atoms with Gasteiger partial charge in [-0.05, 0) is 56.2 Å². The number of aryl methyl sites for hydroxylation is 2. The zero-order chi connectivity index (χ0) is 27.5. The zero-order valence-corrected chi connectivity index (χ0v) is 23.8. The fourth-order valence-electron chi connectivity index (χ4n) is 4.80.